The van der Waals surface area contributed by atoms with Crippen molar-refractivity contribution in [3.05, 3.63) is 0 Å². The molecule has 0 bridgehead atoms. The predicted octanol–water partition coefficient (Wildman–Crippen LogP) is -1.40. The molecular weight excluding hydrogens is 198 g/mol. The van der Waals surface area contributed by atoms with E-state index >= 15 is 0 Å². The first kappa shape index (κ1) is 19.5. The molecule has 0 aromatic heterocycles. The van der Waals surface area contributed by atoms with Gasteiger partial charge in [0.1, 0.15) is 17.3 Å². The Balaban J connectivity index is -0.000000144. The highest BCUT2D eigenvalue weighted by atomic mass is 16.1. The van der Waals surface area contributed by atoms with Gasteiger partial charge in [0, 0.05) is 0 Å². The fourth-order valence-corrected chi connectivity index (χ4v) is 0. The van der Waals surface area contributed by atoms with Crippen LogP contribution in [0.25, 0.3) is 0 Å². The van der Waals surface area contributed by atoms with E-state index in [1.807, 2.05) is 0 Å². The Bertz CT molecular complexity index is 160. The smallest absolute Gasteiger partial charge is 0.143 e. The van der Waals surface area contributed by atoms with Crippen molar-refractivity contribution in [2.24, 2.45) is 17.2 Å². The number of rotatable bonds is 3. The highest BCUT2D eigenvalue weighted by molar-refractivity contribution is 5.77. The summed E-state index contributed by atoms with van der Waals surface area (Å²) >= 11 is 0. The molecule has 0 atom stereocenters. The van der Waals surface area contributed by atoms with Gasteiger partial charge in [-0.3, -0.25) is 14.4 Å². The summed E-state index contributed by atoms with van der Waals surface area (Å²) in [7, 11) is 0. The zero-order valence-electron chi connectivity index (χ0n) is 9.58. The first-order valence-corrected chi connectivity index (χ1v) is 4.40. The normalized spacial score (nSPS) is 7.60. The second-order valence-electron chi connectivity index (χ2n) is 2.72. The van der Waals surface area contributed by atoms with Gasteiger partial charge in [-0.1, -0.05) is 0 Å². The van der Waals surface area contributed by atoms with E-state index in [9.17, 15) is 14.4 Å². The van der Waals surface area contributed by atoms with Crippen LogP contribution < -0.4 is 17.2 Å². The van der Waals surface area contributed by atoms with Crippen LogP contribution in [-0.4, -0.2) is 37.0 Å². The van der Waals surface area contributed by atoms with E-state index in [-0.39, 0.29) is 37.0 Å². The molecule has 15 heavy (non-hydrogen) atoms. The standard InChI is InChI=1S/3C3H7NO/c3*1-3(5)2-4/h3*2,4H2,1H3. The maximum Gasteiger partial charge on any atom is 0.143 e. The van der Waals surface area contributed by atoms with E-state index in [1.165, 1.54) is 20.8 Å². The molecule has 90 valence electrons. The third-order valence-corrected chi connectivity index (χ3v) is 0.862. The summed E-state index contributed by atoms with van der Waals surface area (Å²) in [5, 5.41) is 0. The molecule has 0 spiro atoms. The monoisotopic (exact) mass is 219 g/mol. The Kier molecular flexibility index (Phi) is 19.9. The van der Waals surface area contributed by atoms with Crippen LogP contribution in [0.3, 0.4) is 0 Å². The summed E-state index contributed by atoms with van der Waals surface area (Å²) in [6, 6.07) is 0. The van der Waals surface area contributed by atoms with Gasteiger partial charge in [-0.25, -0.2) is 0 Å². The van der Waals surface area contributed by atoms with Gasteiger partial charge in [0.05, 0.1) is 19.6 Å². The maximum absolute atomic E-state index is 9.69. The summed E-state index contributed by atoms with van der Waals surface area (Å²) < 4.78 is 0. The number of hydrogen-bond acceptors (Lipinski definition) is 6. The number of ketones is 3. The van der Waals surface area contributed by atoms with E-state index in [0.29, 0.717) is 0 Å². The van der Waals surface area contributed by atoms with Crippen LogP contribution >= 0.6 is 0 Å². The van der Waals surface area contributed by atoms with Gasteiger partial charge in [0.2, 0.25) is 0 Å². The van der Waals surface area contributed by atoms with Gasteiger partial charge in [0.25, 0.3) is 0 Å². The van der Waals surface area contributed by atoms with E-state index in [1.54, 1.807) is 0 Å². The minimum atomic E-state index is 0.0324. The van der Waals surface area contributed by atoms with Crippen molar-refractivity contribution >= 4 is 17.3 Å². The Hall–Kier alpha value is -1.11. The predicted molar refractivity (Wildman–Crippen MR) is 59.2 cm³/mol. The van der Waals surface area contributed by atoms with Crippen molar-refractivity contribution in [1.82, 2.24) is 0 Å². The summed E-state index contributed by atoms with van der Waals surface area (Å²) in [5.41, 5.74) is 14.5. The lowest BCUT2D eigenvalue weighted by atomic mass is 10.5. The number of carbonyl (C=O) groups excluding carboxylic acids is 3. The molecule has 0 fully saturated rings. The largest absolute Gasteiger partial charge is 0.324 e. The number of nitrogens with two attached hydrogens (primary N) is 3. The fourth-order valence-electron chi connectivity index (χ4n) is 0. The average molecular weight is 219 g/mol. The van der Waals surface area contributed by atoms with Crippen LogP contribution in [0.4, 0.5) is 0 Å². The minimum absolute atomic E-state index is 0.0324. The molecule has 0 aliphatic carbocycles. The van der Waals surface area contributed by atoms with Crippen molar-refractivity contribution < 1.29 is 14.4 Å². The van der Waals surface area contributed by atoms with Crippen molar-refractivity contribution in [2.45, 2.75) is 20.8 Å². The molecule has 0 aromatic rings. The lowest BCUT2D eigenvalue weighted by molar-refractivity contribution is -0.116. The Labute approximate surface area is 90.2 Å². The third-order valence-electron chi connectivity index (χ3n) is 0.862. The molecule has 0 aromatic carbocycles. The van der Waals surface area contributed by atoms with Crippen molar-refractivity contribution in [2.75, 3.05) is 19.6 Å². The van der Waals surface area contributed by atoms with Gasteiger partial charge < -0.3 is 17.2 Å². The second kappa shape index (κ2) is 15.4. The van der Waals surface area contributed by atoms with Crippen LogP contribution in [0.1, 0.15) is 20.8 Å². The Morgan fingerprint density at radius 1 is 0.667 bits per heavy atom. The molecule has 0 saturated carbocycles. The highest BCUT2D eigenvalue weighted by Gasteiger charge is 1.77. The van der Waals surface area contributed by atoms with E-state index in [0.717, 1.165) is 0 Å². The molecule has 0 heterocycles. The number of hydrogen-bond donors (Lipinski definition) is 3. The van der Waals surface area contributed by atoms with E-state index in [4.69, 9.17) is 17.2 Å². The highest BCUT2D eigenvalue weighted by Crippen LogP contribution is 1.52. The van der Waals surface area contributed by atoms with Crippen LogP contribution in [0.2, 0.25) is 0 Å². The molecule has 0 rings (SSSR count). The van der Waals surface area contributed by atoms with Gasteiger partial charge in [-0.15, -0.1) is 0 Å². The van der Waals surface area contributed by atoms with Crippen molar-refractivity contribution in [1.29, 1.82) is 0 Å². The lowest BCUT2D eigenvalue weighted by Crippen LogP contribution is -2.07. The lowest BCUT2D eigenvalue weighted by Gasteiger charge is -1.73. The maximum atomic E-state index is 9.69. The van der Waals surface area contributed by atoms with Crippen LogP contribution in [-0.2, 0) is 14.4 Å². The SMILES string of the molecule is CC(=O)CN.CC(=O)CN.CC(=O)CN. The molecule has 0 aliphatic rings. The second-order valence-corrected chi connectivity index (χ2v) is 2.72. The van der Waals surface area contributed by atoms with E-state index in [2.05, 4.69) is 0 Å². The molecule has 6 N–H and O–H groups in total. The van der Waals surface area contributed by atoms with Crippen LogP contribution in [0.5, 0.6) is 0 Å². The molecular formula is C9H21N3O3. The first-order chi connectivity index (χ1) is 6.81. The van der Waals surface area contributed by atoms with Crippen molar-refractivity contribution in [3.8, 4) is 0 Å². The molecule has 0 unspecified atom stereocenters. The van der Waals surface area contributed by atoms with Gasteiger partial charge in [0.15, 0.2) is 0 Å². The molecule has 6 heteroatoms. The zero-order valence-corrected chi connectivity index (χ0v) is 9.58. The topological polar surface area (TPSA) is 129 Å². The minimum Gasteiger partial charge on any atom is -0.324 e. The van der Waals surface area contributed by atoms with Crippen molar-refractivity contribution in [3.63, 3.8) is 0 Å². The first-order valence-electron chi connectivity index (χ1n) is 4.40. The third kappa shape index (κ3) is 63.9. The quantitative estimate of drug-likeness (QED) is 0.535. The molecule has 0 radical (unpaired) electrons. The Morgan fingerprint density at radius 2 is 0.733 bits per heavy atom. The summed E-state index contributed by atoms with van der Waals surface area (Å²) in [4.78, 5) is 29.1. The molecule has 6 nitrogen and oxygen atoms in total. The Morgan fingerprint density at radius 3 is 0.733 bits per heavy atom. The van der Waals surface area contributed by atoms with Gasteiger partial charge in [-0.05, 0) is 20.8 Å². The molecule has 0 aliphatic heterocycles. The summed E-state index contributed by atoms with van der Waals surface area (Å²) in [5.74, 6) is 0.0972. The molecule has 0 amide bonds. The fraction of sp³-hybridized carbons (Fsp3) is 0.667. The van der Waals surface area contributed by atoms with Crippen LogP contribution in [0, 0.1) is 0 Å². The summed E-state index contributed by atoms with van der Waals surface area (Å²) in [6.07, 6.45) is 0. The average Bonchev–Trinajstić information content (AvgIpc) is 2.19. The van der Waals surface area contributed by atoms with Gasteiger partial charge >= 0.3 is 0 Å². The number of Topliss-reactive ketones (excluding diaryl/α,β-unsaturated/α-hetero) is 3. The van der Waals surface area contributed by atoms with Gasteiger partial charge in [-0.2, -0.15) is 0 Å². The van der Waals surface area contributed by atoms with Crippen LogP contribution in [0.15, 0.2) is 0 Å². The summed E-state index contributed by atoms with van der Waals surface area (Å²) in [6.45, 7) is 4.88. The molecule has 0 saturated heterocycles. The number of carbonyl (C=O) groups is 3. The zero-order chi connectivity index (χ0) is 12.9. The van der Waals surface area contributed by atoms with E-state index < -0.39 is 0 Å².